The summed E-state index contributed by atoms with van der Waals surface area (Å²) in [5.74, 6) is -1.22. The van der Waals surface area contributed by atoms with E-state index in [0.29, 0.717) is 34.9 Å². The standard InChI is InChI=1S/C26H27FN2O6S/c1-26(2,10-12-30)11-13-34-20-9-8-19-14-22(35-17-18-6-4-3-5-7-18)25(24(27)21(19)15-20)29-16-23(31)28-36(29,32)33/h3-9,12,14-15H,10-11,13,16-17H2,1-2H3,(H,28,31). The Hall–Kier alpha value is -3.66. The summed E-state index contributed by atoms with van der Waals surface area (Å²) >= 11 is 0. The van der Waals surface area contributed by atoms with E-state index in [9.17, 15) is 18.0 Å². The van der Waals surface area contributed by atoms with Crippen LogP contribution < -0.4 is 18.5 Å². The van der Waals surface area contributed by atoms with Crippen molar-refractivity contribution in [3.8, 4) is 11.5 Å². The van der Waals surface area contributed by atoms with Crippen molar-refractivity contribution in [1.82, 2.24) is 4.72 Å². The smallest absolute Gasteiger partial charge is 0.326 e. The Morgan fingerprint density at radius 2 is 1.86 bits per heavy atom. The van der Waals surface area contributed by atoms with E-state index in [1.54, 1.807) is 18.2 Å². The topological polar surface area (TPSA) is 102 Å². The lowest BCUT2D eigenvalue weighted by atomic mass is 9.87. The van der Waals surface area contributed by atoms with Crippen LogP contribution in [-0.4, -0.2) is 33.8 Å². The van der Waals surface area contributed by atoms with Crippen LogP contribution in [0.2, 0.25) is 0 Å². The van der Waals surface area contributed by atoms with Gasteiger partial charge in [0.05, 0.1) is 6.61 Å². The number of hydrogen-bond acceptors (Lipinski definition) is 6. The molecule has 0 radical (unpaired) electrons. The van der Waals surface area contributed by atoms with Gasteiger partial charge in [0.2, 0.25) is 0 Å². The fraction of sp³-hybridized carbons (Fsp3) is 0.308. The van der Waals surface area contributed by atoms with Gasteiger partial charge in [0.15, 0.2) is 5.82 Å². The van der Waals surface area contributed by atoms with Gasteiger partial charge in [-0.05, 0) is 41.0 Å². The zero-order chi connectivity index (χ0) is 25.9. The van der Waals surface area contributed by atoms with Crippen LogP contribution in [0.3, 0.4) is 0 Å². The summed E-state index contributed by atoms with van der Waals surface area (Å²) in [5.41, 5.74) is 0.232. The van der Waals surface area contributed by atoms with Gasteiger partial charge < -0.3 is 14.3 Å². The molecule has 0 aliphatic carbocycles. The van der Waals surface area contributed by atoms with E-state index in [1.807, 2.05) is 48.9 Å². The maximum Gasteiger partial charge on any atom is 0.326 e. The Kier molecular flexibility index (Phi) is 7.16. The molecular formula is C26H27FN2O6S. The van der Waals surface area contributed by atoms with Crippen molar-refractivity contribution in [3.05, 3.63) is 66.0 Å². The van der Waals surface area contributed by atoms with Crippen molar-refractivity contribution in [2.75, 3.05) is 17.5 Å². The van der Waals surface area contributed by atoms with E-state index in [2.05, 4.69) is 0 Å². The summed E-state index contributed by atoms with van der Waals surface area (Å²) in [4.78, 5) is 22.7. The van der Waals surface area contributed by atoms with E-state index >= 15 is 4.39 Å². The van der Waals surface area contributed by atoms with Crippen LogP contribution in [-0.2, 0) is 26.4 Å². The van der Waals surface area contributed by atoms with Crippen LogP contribution in [0.15, 0.2) is 54.6 Å². The Balaban J connectivity index is 1.70. The second kappa shape index (κ2) is 10.1. The van der Waals surface area contributed by atoms with Gasteiger partial charge in [-0.1, -0.05) is 50.2 Å². The van der Waals surface area contributed by atoms with Gasteiger partial charge in [-0.15, -0.1) is 0 Å². The highest BCUT2D eigenvalue weighted by atomic mass is 32.2. The molecule has 1 fully saturated rings. The summed E-state index contributed by atoms with van der Waals surface area (Å²) in [6.07, 6.45) is 1.88. The molecule has 36 heavy (non-hydrogen) atoms. The number of aldehydes is 1. The zero-order valence-electron chi connectivity index (χ0n) is 20.0. The van der Waals surface area contributed by atoms with Gasteiger partial charge in [0.25, 0.3) is 5.91 Å². The molecule has 3 aromatic carbocycles. The number of ether oxygens (including phenoxy) is 2. The number of amides is 1. The van der Waals surface area contributed by atoms with Gasteiger partial charge >= 0.3 is 10.2 Å². The molecule has 1 aliphatic heterocycles. The Morgan fingerprint density at radius 3 is 2.53 bits per heavy atom. The highest BCUT2D eigenvalue weighted by Gasteiger charge is 2.38. The molecule has 1 heterocycles. The molecular weight excluding hydrogens is 487 g/mol. The molecule has 1 saturated heterocycles. The number of rotatable bonds is 10. The SMILES string of the molecule is CC(C)(CC=O)CCOc1ccc2cc(OCc3ccccc3)c(N3CC(=O)NS3(=O)=O)c(F)c2c1. The molecule has 1 aliphatic rings. The molecule has 4 rings (SSSR count). The third kappa shape index (κ3) is 5.59. The third-order valence-electron chi connectivity index (χ3n) is 5.98. The highest BCUT2D eigenvalue weighted by Crippen LogP contribution is 2.40. The maximum absolute atomic E-state index is 15.9. The van der Waals surface area contributed by atoms with E-state index in [4.69, 9.17) is 9.47 Å². The van der Waals surface area contributed by atoms with E-state index in [0.717, 1.165) is 11.8 Å². The summed E-state index contributed by atoms with van der Waals surface area (Å²) in [6, 6.07) is 15.5. The monoisotopic (exact) mass is 514 g/mol. The second-order valence-electron chi connectivity index (χ2n) is 9.36. The van der Waals surface area contributed by atoms with Crippen molar-refractivity contribution in [2.24, 2.45) is 5.41 Å². The largest absolute Gasteiger partial charge is 0.494 e. The minimum atomic E-state index is -4.28. The third-order valence-corrected chi connectivity index (χ3v) is 7.36. The summed E-state index contributed by atoms with van der Waals surface area (Å²) in [6.45, 7) is 3.75. The van der Waals surface area contributed by atoms with Gasteiger partial charge in [0, 0.05) is 11.8 Å². The number of anilines is 1. The number of hydrogen-bond donors (Lipinski definition) is 1. The average molecular weight is 515 g/mol. The van der Waals surface area contributed by atoms with E-state index in [1.165, 1.54) is 6.07 Å². The number of benzene rings is 3. The van der Waals surface area contributed by atoms with E-state index < -0.39 is 28.5 Å². The Bertz CT molecular complexity index is 1390. The molecule has 0 atom stereocenters. The maximum atomic E-state index is 15.9. The molecule has 0 aromatic heterocycles. The molecule has 0 unspecified atom stereocenters. The molecule has 8 nitrogen and oxygen atoms in total. The van der Waals surface area contributed by atoms with Crippen LogP contribution in [0.25, 0.3) is 10.8 Å². The molecule has 1 amide bonds. The Labute approximate surface area is 209 Å². The lowest BCUT2D eigenvalue weighted by Crippen LogP contribution is -2.30. The molecule has 0 saturated carbocycles. The first kappa shape index (κ1) is 25.4. The first-order valence-electron chi connectivity index (χ1n) is 11.4. The number of fused-ring (bicyclic) bond motifs is 1. The predicted octanol–water partition coefficient (Wildman–Crippen LogP) is 4.12. The highest BCUT2D eigenvalue weighted by molar-refractivity contribution is 7.92. The summed E-state index contributed by atoms with van der Waals surface area (Å²) in [5, 5.41) is 0.597. The lowest BCUT2D eigenvalue weighted by molar-refractivity contribution is -0.117. The fourth-order valence-corrected chi connectivity index (χ4v) is 5.04. The quantitative estimate of drug-likeness (QED) is 0.409. The minimum absolute atomic E-state index is 0.00629. The number of halogens is 1. The number of nitrogens with one attached hydrogen (secondary N) is 1. The normalized spacial score (nSPS) is 15.1. The molecule has 190 valence electrons. The van der Waals surface area contributed by atoms with Gasteiger partial charge in [-0.25, -0.2) is 13.4 Å². The zero-order valence-corrected chi connectivity index (χ0v) is 20.8. The predicted molar refractivity (Wildman–Crippen MR) is 134 cm³/mol. The van der Waals surface area contributed by atoms with Gasteiger partial charge in [0.1, 0.15) is 36.6 Å². The lowest BCUT2D eigenvalue weighted by Gasteiger charge is -2.22. The van der Waals surface area contributed by atoms with Crippen LogP contribution in [0, 0.1) is 11.2 Å². The van der Waals surface area contributed by atoms with Crippen LogP contribution in [0.4, 0.5) is 10.1 Å². The van der Waals surface area contributed by atoms with Crippen molar-refractivity contribution in [3.63, 3.8) is 0 Å². The fourth-order valence-electron chi connectivity index (χ4n) is 3.88. The van der Waals surface area contributed by atoms with Crippen LogP contribution in [0.5, 0.6) is 11.5 Å². The summed E-state index contributed by atoms with van der Waals surface area (Å²) in [7, 11) is -4.28. The molecule has 0 bridgehead atoms. The van der Waals surface area contributed by atoms with Crippen molar-refractivity contribution >= 4 is 38.9 Å². The molecule has 1 N–H and O–H groups in total. The minimum Gasteiger partial charge on any atom is -0.494 e. The van der Waals surface area contributed by atoms with Crippen molar-refractivity contribution in [2.45, 2.75) is 33.3 Å². The number of nitrogens with zero attached hydrogens (tertiary/aromatic N) is 1. The summed E-state index contributed by atoms with van der Waals surface area (Å²) < 4.78 is 55.3. The second-order valence-corrected chi connectivity index (χ2v) is 11.0. The van der Waals surface area contributed by atoms with E-state index in [-0.39, 0.29) is 28.8 Å². The van der Waals surface area contributed by atoms with Gasteiger partial charge in [-0.3, -0.25) is 4.79 Å². The molecule has 3 aromatic rings. The first-order valence-corrected chi connectivity index (χ1v) is 12.9. The average Bonchev–Trinajstić information content (AvgIpc) is 3.10. The van der Waals surface area contributed by atoms with Crippen molar-refractivity contribution in [1.29, 1.82) is 0 Å². The van der Waals surface area contributed by atoms with Crippen LogP contribution >= 0.6 is 0 Å². The Morgan fingerprint density at radius 1 is 1.11 bits per heavy atom. The first-order chi connectivity index (χ1) is 17.1. The molecule has 10 heteroatoms. The number of carbonyl (C=O) groups excluding carboxylic acids is 2. The van der Waals surface area contributed by atoms with Gasteiger partial charge in [-0.2, -0.15) is 8.42 Å². The van der Waals surface area contributed by atoms with Crippen LogP contribution in [0.1, 0.15) is 32.3 Å². The van der Waals surface area contributed by atoms with Crippen molar-refractivity contribution < 1.29 is 31.9 Å². The number of carbonyl (C=O) groups is 2. The molecule has 0 spiro atoms.